The predicted molar refractivity (Wildman–Crippen MR) is 107 cm³/mol. The van der Waals surface area contributed by atoms with Gasteiger partial charge < -0.3 is 5.32 Å². The SMILES string of the molecule is N#Cc1ccc(CCC(=O)NC2CCN(Cc3ccc(Cl)cc3)CC2)cc1. The minimum Gasteiger partial charge on any atom is -0.353 e. The molecule has 1 saturated heterocycles. The summed E-state index contributed by atoms with van der Waals surface area (Å²) >= 11 is 5.93. The highest BCUT2D eigenvalue weighted by atomic mass is 35.5. The van der Waals surface area contributed by atoms with E-state index in [1.807, 2.05) is 24.3 Å². The third-order valence-corrected chi connectivity index (χ3v) is 5.25. The van der Waals surface area contributed by atoms with Gasteiger partial charge in [-0.1, -0.05) is 35.9 Å². The van der Waals surface area contributed by atoms with Crippen LogP contribution in [0.25, 0.3) is 0 Å². The summed E-state index contributed by atoms with van der Waals surface area (Å²) < 4.78 is 0. The van der Waals surface area contributed by atoms with Gasteiger partial charge in [-0.2, -0.15) is 5.26 Å². The number of likely N-dealkylation sites (tertiary alicyclic amines) is 1. The van der Waals surface area contributed by atoms with Gasteiger partial charge in [0.15, 0.2) is 0 Å². The van der Waals surface area contributed by atoms with E-state index >= 15 is 0 Å². The molecular weight excluding hydrogens is 358 g/mol. The van der Waals surface area contributed by atoms with Crippen LogP contribution in [0.3, 0.4) is 0 Å². The normalized spacial score (nSPS) is 15.3. The lowest BCUT2D eigenvalue weighted by molar-refractivity contribution is -0.122. The molecule has 0 radical (unpaired) electrons. The van der Waals surface area contributed by atoms with Gasteiger partial charge in [-0.25, -0.2) is 0 Å². The second kappa shape index (κ2) is 9.55. The first-order valence-corrected chi connectivity index (χ1v) is 9.75. The second-order valence-corrected chi connectivity index (χ2v) is 7.49. The molecule has 0 saturated carbocycles. The quantitative estimate of drug-likeness (QED) is 0.824. The molecule has 0 bridgehead atoms. The van der Waals surface area contributed by atoms with E-state index in [9.17, 15) is 4.79 Å². The van der Waals surface area contributed by atoms with Crippen molar-refractivity contribution in [2.24, 2.45) is 0 Å². The summed E-state index contributed by atoms with van der Waals surface area (Å²) in [5, 5.41) is 12.8. The van der Waals surface area contributed by atoms with Crippen LogP contribution in [0.5, 0.6) is 0 Å². The molecule has 1 heterocycles. The molecule has 0 aliphatic carbocycles. The van der Waals surface area contributed by atoms with Gasteiger partial charge in [0.25, 0.3) is 0 Å². The number of nitriles is 1. The van der Waals surface area contributed by atoms with Crippen molar-refractivity contribution >= 4 is 17.5 Å². The summed E-state index contributed by atoms with van der Waals surface area (Å²) in [6.07, 6.45) is 3.15. The highest BCUT2D eigenvalue weighted by Gasteiger charge is 2.20. The molecule has 27 heavy (non-hydrogen) atoms. The van der Waals surface area contributed by atoms with Crippen LogP contribution in [0.1, 0.15) is 36.0 Å². The molecule has 3 rings (SSSR count). The number of hydrogen-bond acceptors (Lipinski definition) is 3. The second-order valence-electron chi connectivity index (χ2n) is 7.05. The Morgan fingerprint density at radius 2 is 1.70 bits per heavy atom. The van der Waals surface area contributed by atoms with Crippen molar-refractivity contribution in [2.45, 2.75) is 38.3 Å². The zero-order valence-corrected chi connectivity index (χ0v) is 16.1. The highest BCUT2D eigenvalue weighted by Crippen LogP contribution is 2.16. The lowest BCUT2D eigenvalue weighted by Crippen LogP contribution is -2.44. The summed E-state index contributed by atoms with van der Waals surface area (Å²) in [6.45, 7) is 2.91. The maximum atomic E-state index is 12.2. The van der Waals surface area contributed by atoms with Crippen molar-refractivity contribution in [3.05, 3.63) is 70.2 Å². The van der Waals surface area contributed by atoms with Crippen LogP contribution in [0.2, 0.25) is 5.02 Å². The van der Waals surface area contributed by atoms with Crippen molar-refractivity contribution in [2.75, 3.05) is 13.1 Å². The van der Waals surface area contributed by atoms with E-state index in [1.54, 1.807) is 12.1 Å². The third-order valence-electron chi connectivity index (χ3n) is 5.00. The lowest BCUT2D eigenvalue weighted by atomic mass is 10.0. The molecule has 1 aliphatic heterocycles. The molecule has 0 spiro atoms. The Hall–Kier alpha value is -2.35. The fourth-order valence-corrected chi connectivity index (χ4v) is 3.51. The molecule has 1 fully saturated rings. The van der Waals surface area contributed by atoms with E-state index in [1.165, 1.54) is 5.56 Å². The maximum absolute atomic E-state index is 12.2. The van der Waals surface area contributed by atoms with Crippen LogP contribution >= 0.6 is 11.6 Å². The van der Waals surface area contributed by atoms with Crippen LogP contribution < -0.4 is 5.32 Å². The number of nitrogens with zero attached hydrogens (tertiary/aromatic N) is 2. The number of piperidine rings is 1. The first-order chi connectivity index (χ1) is 13.1. The molecule has 0 unspecified atom stereocenters. The van der Waals surface area contributed by atoms with Crippen molar-refractivity contribution in [3.63, 3.8) is 0 Å². The van der Waals surface area contributed by atoms with Crippen LogP contribution in [-0.4, -0.2) is 29.9 Å². The number of aryl methyl sites for hydroxylation is 1. The number of carbonyl (C=O) groups excluding carboxylic acids is 1. The zero-order valence-electron chi connectivity index (χ0n) is 15.3. The number of nitrogens with one attached hydrogen (secondary N) is 1. The van der Waals surface area contributed by atoms with Crippen LogP contribution in [-0.2, 0) is 17.8 Å². The molecule has 1 aliphatic rings. The van der Waals surface area contributed by atoms with E-state index in [0.29, 0.717) is 18.4 Å². The molecule has 140 valence electrons. The van der Waals surface area contributed by atoms with Gasteiger partial charge in [0, 0.05) is 37.1 Å². The molecule has 2 aromatic carbocycles. The third kappa shape index (κ3) is 6.09. The Morgan fingerprint density at radius 1 is 1.07 bits per heavy atom. The van der Waals surface area contributed by atoms with Gasteiger partial charge in [0.1, 0.15) is 0 Å². The largest absolute Gasteiger partial charge is 0.353 e. The number of hydrogen-bond donors (Lipinski definition) is 1. The molecule has 5 heteroatoms. The van der Waals surface area contributed by atoms with Crippen LogP contribution in [0.4, 0.5) is 0 Å². The Labute approximate surface area is 165 Å². The van der Waals surface area contributed by atoms with E-state index in [0.717, 1.165) is 43.1 Å². The number of amides is 1. The minimum atomic E-state index is 0.107. The Morgan fingerprint density at radius 3 is 2.33 bits per heavy atom. The number of halogens is 1. The summed E-state index contributed by atoms with van der Waals surface area (Å²) in [5.41, 5.74) is 3.00. The Kier molecular flexibility index (Phi) is 6.86. The molecule has 1 N–H and O–H groups in total. The standard InChI is InChI=1S/C22H24ClN3O/c23-20-8-5-19(6-9-20)16-26-13-11-21(12-14-26)25-22(27)10-7-17-1-3-18(15-24)4-2-17/h1-6,8-9,21H,7,10-14,16H2,(H,25,27). The summed E-state index contributed by atoms with van der Waals surface area (Å²) in [5.74, 6) is 0.107. The Balaban J connectivity index is 1.37. The van der Waals surface area contributed by atoms with Crippen molar-refractivity contribution in [3.8, 4) is 6.07 Å². The van der Waals surface area contributed by atoms with Crippen molar-refractivity contribution < 1.29 is 4.79 Å². The van der Waals surface area contributed by atoms with Gasteiger partial charge in [0.2, 0.25) is 5.91 Å². The first-order valence-electron chi connectivity index (χ1n) is 9.37. The zero-order chi connectivity index (χ0) is 19.1. The molecular formula is C22H24ClN3O. The summed E-state index contributed by atoms with van der Waals surface area (Å²) in [4.78, 5) is 14.6. The van der Waals surface area contributed by atoms with E-state index in [4.69, 9.17) is 16.9 Å². The Bertz CT molecular complexity index is 788. The fraction of sp³-hybridized carbons (Fsp3) is 0.364. The average Bonchev–Trinajstić information content (AvgIpc) is 2.70. The van der Waals surface area contributed by atoms with Gasteiger partial charge in [0.05, 0.1) is 11.6 Å². The maximum Gasteiger partial charge on any atom is 0.220 e. The average molecular weight is 382 g/mol. The van der Waals surface area contributed by atoms with E-state index in [2.05, 4.69) is 28.4 Å². The molecule has 0 atom stereocenters. The lowest BCUT2D eigenvalue weighted by Gasteiger charge is -2.32. The summed E-state index contributed by atoms with van der Waals surface area (Å²) in [7, 11) is 0. The number of rotatable bonds is 6. The molecule has 0 aromatic heterocycles. The first kappa shape index (κ1) is 19.4. The molecule has 1 amide bonds. The van der Waals surface area contributed by atoms with Gasteiger partial charge in [-0.15, -0.1) is 0 Å². The number of carbonyl (C=O) groups is 1. The van der Waals surface area contributed by atoms with Crippen molar-refractivity contribution in [1.82, 2.24) is 10.2 Å². The smallest absolute Gasteiger partial charge is 0.220 e. The minimum absolute atomic E-state index is 0.107. The number of benzene rings is 2. The van der Waals surface area contributed by atoms with Crippen molar-refractivity contribution in [1.29, 1.82) is 5.26 Å². The topological polar surface area (TPSA) is 56.1 Å². The summed E-state index contributed by atoms with van der Waals surface area (Å²) in [6, 6.07) is 17.8. The van der Waals surface area contributed by atoms with E-state index in [-0.39, 0.29) is 11.9 Å². The highest BCUT2D eigenvalue weighted by molar-refractivity contribution is 6.30. The van der Waals surface area contributed by atoms with E-state index < -0.39 is 0 Å². The predicted octanol–water partition coefficient (Wildman–Crippen LogP) is 3.93. The van der Waals surface area contributed by atoms with Crippen LogP contribution in [0, 0.1) is 11.3 Å². The molecule has 2 aromatic rings. The van der Waals surface area contributed by atoms with Crippen LogP contribution in [0.15, 0.2) is 48.5 Å². The molecule has 4 nitrogen and oxygen atoms in total. The van der Waals surface area contributed by atoms with Gasteiger partial charge in [-0.3, -0.25) is 9.69 Å². The van der Waals surface area contributed by atoms with Gasteiger partial charge in [-0.05, 0) is 54.7 Å². The van der Waals surface area contributed by atoms with Gasteiger partial charge >= 0.3 is 0 Å². The fourth-order valence-electron chi connectivity index (χ4n) is 3.39. The monoisotopic (exact) mass is 381 g/mol.